The van der Waals surface area contributed by atoms with Crippen molar-refractivity contribution < 1.29 is 4.42 Å². The first-order chi connectivity index (χ1) is 8.53. The van der Waals surface area contributed by atoms with Crippen molar-refractivity contribution in [2.45, 2.75) is 18.6 Å². The van der Waals surface area contributed by atoms with Gasteiger partial charge in [-0.15, -0.1) is 0 Å². The predicted octanol–water partition coefficient (Wildman–Crippen LogP) is 2.74. The van der Waals surface area contributed by atoms with E-state index in [9.17, 15) is 0 Å². The van der Waals surface area contributed by atoms with Crippen LogP contribution in [-0.2, 0) is 0 Å². The van der Waals surface area contributed by atoms with Crippen molar-refractivity contribution in [3.8, 4) is 0 Å². The molecule has 1 aromatic carbocycles. The number of anilines is 2. The van der Waals surface area contributed by atoms with E-state index in [1.807, 2.05) is 30.0 Å². The molecule has 1 saturated heterocycles. The number of benzene rings is 1. The predicted molar refractivity (Wildman–Crippen MR) is 77.2 cm³/mol. The first kappa shape index (κ1) is 11.7. The normalized spacial score (nSPS) is 19.3. The van der Waals surface area contributed by atoms with Gasteiger partial charge in [0, 0.05) is 35.3 Å². The maximum Gasteiger partial charge on any atom is 0.298 e. The molecule has 96 valence electrons. The van der Waals surface area contributed by atoms with E-state index >= 15 is 0 Å². The van der Waals surface area contributed by atoms with Gasteiger partial charge in [-0.05, 0) is 26.0 Å². The van der Waals surface area contributed by atoms with E-state index in [0.717, 1.165) is 29.9 Å². The second kappa shape index (κ2) is 4.09. The molecular formula is C13H17N3OS. The number of hydrogen-bond donors (Lipinski definition) is 1. The molecule has 1 fully saturated rings. The number of hydrogen-bond acceptors (Lipinski definition) is 5. The number of thioether (sulfide) groups is 1. The van der Waals surface area contributed by atoms with Crippen LogP contribution in [0.5, 0.6) is 0 Å². The summed E-state index contributed by atoms with van der Waals surface area (Å²) < 4.78 is 6.06. The van der Waals surface area contributed by atoms with Gasteiger partial charge in [0.05, 0.1) is 0 Å². The van der Waals surface area contributed by atoms with E-state index in [1.165, 1.54) is 0 Å². The number of oxazole rings is 1. The fourth-order valence-electron chi connectivity index (χ4n) is 2.24. The summed E-state index contributed by atoms with van der Waals surface area (Å²) in [5, 5.41) is 0. The van der Waals surface area contributed by atoms with Crippen molar-refractivity contribution in [3.05, 3.63) is 18.2 Å². The summed E-state index contributed by atoms with van der Waals surface area (Å²) in [6.07, 6.45) is 0. The third-order valence-electron chi connectivity index (χ3n) is 3.10. The minimum absolute atomic E-state index is 0.248. The first-order valence-electron chi connectivity index (χ1n) is 6.08. The summed E-state index contributed by atoms with van der Waals surface area (Å²) in [4.78, 5) is 6.75. The molecule has 2 heterocycles. The summed E-state index contributed by atoms with van der Waals surface area (Å²) in [5.74, 6) is 1.11. The Morgan fingerprint density at radius 2 is 2.28 bits per heavy atom. The average Bonchev–Trinajstić information content (AvgIpc) is 2.70. The zero-order chi connectivity index (χ0) is 12.8. The maximum absolute atomic E-state index is 5.81. The molecule has 1 aliphatic heterocycles. The minimum Gasteiger partial charge on any atom is -0.423 e. The van der Waals surface area contributed by atoms with Crippen LogP contribution in [0.25, 0.3) is 11.1 Å². The molecule has 18 heavy (non-hydrogen) atoms. The van der Waals surface area contributed by atoms with Crippen LogP contribution in [0, 0.1) is 0 Å². The molecule has 0 saturated carbocycles. The maximum atomic E-state index is 5.81. The Morgan fingerprint density at radius 3 is 3.06 bits per heavy atom. The van der Waals surface area contributed by atoms with Crippen molar-refractivity contribution in [1.29, 1.82) is 0 Å². The van der Waals surface area contributed by atoms with E-state index in [4.69, 9.17) is 10.2 Å². The Labute approximate surface area is 111 Å². The van der Waals surface area contributed by atoms with Crippen molar-refractivity contribution in [1.82, 2.24) is 4.98 Å². The zero-order valence-electron chi connectivity index (χ0n) is 10.6. The molecule has 3 rings (SSSR count). The molecule has 0 radical (unpaired) electrons. The molecule has 2 aromatic rings. The van der Waals surface area contributed by atoms with Crippen LogP contribution in [0.1, 0.15) is 13.8 Å². The van der Waals surface area contributed by atoms with Gasteiger partial charge in [-0.2, -0.15) is 16.7 Å². The van der Waals surface area contributed by atoms with Crippen LogP contribution in [0.3, 0.4) is 0 Å². The summed E-state index contributed by atoms with van der Waals surface area (Å²) in [6.45, 7) is 6.45. The standard InChI is InChI=1S/C13H17N3OS/c1-13(2)8-16(5-6-18-13)12-15-10-4-3-9(14)7-11(10)17-12/h3-4,7H,5-6,8,14H2,1-2H3. The highest BCUT2D eigenvalue weighted by molar-refractivity contribution is 8.00. The van der Waals surface area contributed by atoms with Crippen molar-refractivity contribution in [2.75, 3.05) is 29.5 Å². The van der Waals surface area contributed by atoms with E-state index in [-0.39, 0.29) is 4.75 Å². The van der Waals surface area contributed by atoms with Crippen LogP contribution in [0.4, 0.5) is 11.7 Å². The second-order valence-corrected chi connectivity index (χ2v) is 7.06. The van der Waals surface area contributed by atoms with E-state index < -0.39 is 0 Å². The Balaban J connectivity index is 1.94. The number of aromatic nitrogens is 1. The number of nitrogen functional groups attached to an aromatic ring is 1. The molecule has 0 aliphatic carbocycles. The lowest BCUT2D eigenvalue weighted by atomic mass is 10.2. The third-order valence-corrected chi connectivity index (χ3v) is 4.39. The quantitative estimate of drug-likeness (QED) is 0.802. The molecule has 4 nitrogen and oxygen atoms in total. The van der Waals surface area contributed by atoms with Gasteiger partial charge in [-0.1, -0.05) is 0 Å². The molecule has 0 spiro atoms. The summed E-state index contributed by atoms with van der Waals surface area (Å²) >= 11 is 2.00. The first-order valence-corrected chi connectivity index (χ1v) is 7.07. The monoisotopic (exact) mass is 263 g/mol. The van der Waals surface area contributed by atoms with Crippen LogP contribution >= 0.6 is 11.8 Å². The zero-order valence-corrected chi connectivity index (χ0v) is 11.5. The van der Waals surface area contributed by atoms with E-state index in [0.29, 0.717) is 11.7 Å². The number of fused-ring (bicyclic) bond motifs is 1. The third kappa shape index (κ3) is 2.14. The highest BCUT2D eigenvalue weighted by atomic mass is 32.2. The Hall–Kier alpha value is -1.36. The van der Waals surface area contributed by atoms with Gasteiger partial charge in [0.1, 0.15) is 5.52 Å². The Morgan fingerprint density at radius 1 is 1.44 bits per heavy atom. The number of rotatable bonds is 1. The lowest BCUT2D eigenvalue weighted by Gasteiger charge is -2.36. The van der Waals surface area contributed by atoms with Gasteiger partial charge in [0.15, 0.2) is 5.58 Å². The summed E-state index contributed by atoms with van der Waals surface area (Å²) in [6, 6.07) is 6.30. The van der Waals surface area contributed by atoms with Crippen molar-refractivity contribution in [3.63, 3.8) is 0 Å². The summed E-state index contributed by atoms with van der Waals surface area (Å²) in [7, 11) is 0. The SMILES string of the molecule is CC1(C)CN(c2nc3ccc(N)cc3o2)CCS1. The van der Waals surface area contributed by atoms with Gasteiger partial charge in [0.2, 0.25) is 0 Å². The largest absolute Gasteiger partial charge is 0.423 e. The summed E-state index contributed by atoms with van der Waals surface area (Å²) in [5.41, 5.74) is 8.09. The molecule has 5 heteroatoms. The smallest absolute Gasteiger partial charge is 0.298 e. The Bertz CT molecular complexity index is 579. The number of nitrogens with zero attached hydrogens (tertiary/aromatic N) is 2. The molecule has 0 amide bonds. The second-order valence-electron chi connectivity index (χ2n) is 5.25. The van der Waals surface area contributed by atoms with Gasteiger partial charge in [0.25, 0.3) is 6.01 Å². The van der Waals surface area contributed by atoms with Gasteiger partial charge < -0.3 is 15.1 Å². The van der Waals surface area contributed by atoms with Crippen molar-refractivity contribution in [2.24, 2.45) is 0 Å². The molecule has 0 atom stereocenters. The molecule has 2 N–H and O–H groups in total. The van der Waals surface area contributed by atoms with Crippen LogP contribution < -0.4 is 10.6 Å². The fraction of sp³-hybridized carbons (Fsp3) is 0.462. The highest BCUT2D eigenvalue weighted by Gasteiger charge is 2.29. The minimum atomic E-state index is 0.248. The molecular weight excluding hydrogens is 246 g/mol. The molecule has 0 unspecified atom stereocenters. The van der Waals surface area contributed by atoms with Crippen molar-refractivity contribution >= 4 is 34.6 Å². The topological polar surface area (TPSA) is 55.3 Å². The van der Waals surface area contributed by atoms with Crippen LogP contribution in [0.2, 0.25) is 0 Å². The van der Waals surface area contributed by atoms with Crippen LogP contribution in [-0.4, -0.2) is 28.6 Å². The molecule has 1 aromatic heterocycles. The van der Waals surface area contributed by atoms with E-state index in [1.54, 1.807) is 0 Å². The van der Waals surface area contributed by atoms with Gasteiger partial charge in [-0.25, -0.2) is 0 Å². The highest BCUT2D eigenvalue weighted by Crippen LogP contribution is 2.33. The van der Waals surface area contributed by atoms with E-state index in [2.05, 4.69) is 23.7 Å². The van der Waals surface area contributed by atoms with Gasteiger partial charge in [-0.3, -0.25) is 0 Å². The number of nitrogens with two attached hydrogens (primary N) is 1. The molecule has 1 aliphatic rings. The van der Waals surface area contributed by atoms with Gasteiger partial charge >= 0.3 is 0 Å². The lowest BCUT2D eigenvalue weighted by molar-refractivity contribution is 0.542. The fourth-order valence-corrected chi connectivity index (χ4v) is 3.36. The van der Waals surface area contributed by atoms with Crippen LogP contribution in [0.15, 0.2) is 22.6 Å². The Kier molecular flexibility index (Phi) is 2.66. The molecule has 0 bridgehead atoms. The lowest BCUT2D eigenvalue weighted by Crippen LogP contribution is -2.43. The average molecular weight is 263 g/mol.